The van der Waals surface area contributed by atoms with E-state index in [-0.39, 0.29) is 18.1 Å². The van der Waals surface area contributed by atoms with Crippen LogP contribution in [0.4, 0.5) is 0 Å². The quantitative estimate of drug-likeness (QED) is 0.758. The maximum Gasteiger partial charge on any atom is 0.230 e. The van der Waals surface area contributed by atoms with Crippen LogP contribution in [0.15, 0.2) is 0 Å². The fourth-order valence-electron chi connectivity index (χ4n) is 3.04. The van der Waals surface area contributed by atoms with Crippen molar-refractivity contribution in [3.05, 3.63) is 0 Å². The zero-order valence-corrected chi connectivity index (χ0v) is 12.7. The minimum Gasteiger partial charge on any atom is -0.355 e. The summed E-state index contributed by atoms with van der Waals surface area (Å²) in [6.45, 7) is 2.85. The molecule has 19 heavy (non-hydrogen) atoms. The van der Waals surface area contributed by atoms with Crippen LogP contribution in [0.25, 0.3) is 0 Å². The van der Waals surface area contributed by atoms with E-state index in [4.69, 9.17) is 4.84 Å². The van der Waals surface area contributed by atoms with Gasteiger partial charge in [-0.15, -0.1) is 0 Å². The Bertz CT molecular complexity index is 351. The molecular formula is C13H21BrN2O3. The Labute approximate surface area is 121 Å². The molecule has 0 radical (unpaired) electrons. The number of carbonyl (C=O) groups is 2. The molecule has 2 fully saturated rings. The minimum absolute atomic E-state index is 0.00511. The number of carbonyl (C=O) groups excluding carboxylic acids is 2. The highest BCUT2D eigenvalue weighted by Crippen LogP contribution is 2.35. The molecule has 4 unspecified atom stereocenters. The first-order chi connectivity index (χ1) is 9.11. The number of amides is 1. The van der Waals surface area contributed by atoms with E-state index < -0.39 is 0 Å². The van der Waals surface area contributed by atoms with Crippen LogP contribution in [0.3, 0.4) is 0 Å². The zero-order chi connectivity index (χ0) is 13.8. The fourth-order valence-corrected chi connectivity index (χ4v) is 3.24. The van der Waals surface area contributed by atoms with Gasteiger partial charge < -0.3 is 5.32 Å². The molecule has 1 heterocycles. The van der Waals surface area contributed by atoms with Crippen LogP contribution in [0.2, 0.25) is 0 Å². The van der Waals surface area contributed by atoms with E-state index in [1.165, 1.54) is 0 Å². The number of alkyl halides is 1. The smallest absolute Gasteiger partial charge is 0.230 e. The summed E-state index contributed by atoms with van der Waals surface area (Å²) in [5.74, 6) is 1.23. The molecule has 108 valence electrons. The molecule has 1 saturated heterocycles. The maximum atomic E-state index is 11.4. The Morgan fingerprint density at radius 1 is 1.58 bits per heavy atom. The van der Waals surface area contributed by atoms with Gasteiger partial charge in [-0.2, -0.15) is 5.48 Å². The van der Waals surface area contributed by atoms with Crippen molar-refractivity contribution in [2.45, 2.75) is 44.8 Å². The number of hydrogen-bond donors (Lipinski definition) is 2. The van der Waals surface area contributed by atoms with E-state index in [1.54, 1.807) is 0 Å². The molecule has 5 nitrogen and oxygen atoms in total. The average molecular weight is 333 g/mol. The number of Topliss-reactive ketones (excluding diaryl/α,β-unsaturated/α-hetero) is 1. The summed E-state index contributed by atoms with van der Waals surface area (Å²) in [6.07, 6.45) is 3.02. The van der Waals surface area contributed by atoms with E-state index in [2.05, 4.69) is 33.7 Å². The number of halogens is 1. The van der Waals surface area contributed by atoms with Crippen LogP contribution in [0, 0.1) is 11.8 Å². The third-order valence-electron chi connectivity index (χ3n) is 4.24. The number of nitrogens with one attached hydrogen (secondary N) is 2. The molecule has 0 aromatic heterocycles. The molecule has 0 aromatic carbocycles. The van der Waals surface area contributed by atoms with Gasteiger partial charge in [-0.3, -0.25) is 14.4 Å². The van der Waals surface area contributed by atoms with Gasteiger partial charge >= 0.3 is 0 Å². The molecule has 0 aromatic rings. The summed E-state index contributed by atoms with van der Waals surface area (Å²) in [5, 5.41) is 3.18. The SMILES string of the molecule is CC1C(CCNC(=O)CBr)NOC2CC(=O)CCC21. The molecule has 1 amide bonds. The summed E-state index contributed by atoms with van der Waals surface area (Å²) in [6, 6.07) is 0.241. The van der Waals surface area contributed by atoms with Crippen LogP contribution >= 0.6 is 15.9 Å². The molecule has 6 heteroatoms. The number of rotatable bonds is 4. The van der Waals surface area contributed by atoms with Crippen LogP contribution in [-0.4, -0.2) is 35.7 Å². The lowest BCUT2D eigenvalue weighted by Crippen LogP contribution is -2.53. The van der Waals surface area contributed by atoms with Crippen molar-refractivity contribution in [3.63, 3.8) is 0 Å². The summed E-state index contributed by atoms with van der Waals surface area (Å²) in [7, 11) is 0. The Kier molecular flexibility index (Phi) is 5.36. The lowest BCUT2D eigenvalue weighted by atomic mass is 9.74. The number of ketones is 1. The van der Waals surface area contributed by atoms with Crippen molar-refractivity contribution in [1.29, 1.82) is 0 Å². The summed E-state index contributed by atoms with van der Waals surface area (Å²) < 4.78 is 0. The summed E-state index contributed by atoms with van der Waals surface area (Å²) >= 11 is 3.12. The molecule has 1 saturated carbocycles. The molecule has 2 aliphatic rings. The fraction of sp³-hybridized carbons (Fsp3) is 0.846. The standard InChI is InChI=1S/C13H21BrN2O3/c1-8-10-3-2-9(17)6-12(10)19-16-11(8)4-5-15-13(18)7-14/h8,10-12,16H,2-7H2,1H3,(H,15,18). The second kappa shape index (κ2) is 6.81. The second-order valence-corrected chi connectivity index (χ2v) is 6.02. The highest BCUT2D eigenvalue weighted by Gasteiger charge is 2.40. The highest BCUT2D eigenvalue weighted by atomic mass is 79.9. The topological polar surface area (TPSA) is 67.4 Å². The van der Waals surface area contributed by atoms with Crippen LogP contribution in [0.5, 0.6) is 0 Å². The Balaban J connectivity index is 1.81. The average Bonchev–Trinajstić information content (AvgIpc) is 2.41. The lowest BCUT2D eigenvalue weighted by Gasteiger charge is -2.43. The van der Waals surface area contributed by atoms with E-state index in [0.29, 0.717) is 42.3 Å². The van der Waals surface area contributed by atoms with E-state index in [0.717, 1.165) is 12.8 Å². The number of hydrogen-bond acceptors (Lipinski definition) is 4. The van der Waals surface area contributed by atoms with Crippen molar-refractivity contribution in [2.75, 3.05) is 11.9 Å². The molecular weight excluding hydrogens is 312 g/mol. The molecule has 2 N–H and O–H groups in total. The molecule has 4 atom stereocenters. The minimum atomic E-state index is 0.00511. The van der Waals surface area contributed by atoms with Crippen molar-refractivity contribution in [1.82, 2.24) is 10.8 Å². The van der Waals surface area contributed by atoms with E-state index in [1.807, 2.05) is 0 Å². The molecule has 1 aliphatic carbocycles. The molecule has 0 spiro atoms. The third kappa shape index (κ3) is 3.77. The normalized spacial score (nSPS) is 34.7. The van der Waals surface area contributed by atoms with Crippen LogP contribution in [-0.2, 0) is 14.4 Å². The van der Waals surface area contributed by atoms with Crippen molar-refractivity contribution in [2.24, 2.45) is 11.8 Å². The van der Waals surface area contributed by atoms with Crippen molar-refractivity contribution >= 4 is 27.6 Å². The van der Waals surface area contributed by atoms with Gasteiger partial charge in [0.1, 0.15) is 5.78 Å². The number of hydroxylamine groups is 1. The van der Waals surface area contributed by atoms with Gasteiger partial charge in [0.2, 0.25) is 5.91 Å². The van der Waals surface area contributed by atoms with E-state index >= 15 is 0 Å². The zero-order valence-electron chi connectivity index (χ0n) is 11.2. The summed E-state index contributed by atoms with van der Waals surface area (Å²) in [5.41, 5.74) is 3.07. The Hall–Kier alpha value is -0.460. The number of fused-ring (bicyclic) bond motifs is 1. The lowest BCUT2D eigenvalue weighted by molar-refractivity contribution is -0.160. The van der Waals surface area contributed by atoms with Crippen LogP contribution in [0.1, 0.15) is 32.6 Å². The molecule has 0 bridgehead atoms. The largest absolute Gasteiger partial charge is 0.355 e. The third-order valence-corrected chi connectivity index (χ3v) is 4.75. The predicted molar refractivity (Wildman–Crippen MR) is 74.7 cm³/mol. The van der Waals surface area contributed by atoms with Gasteiger partial charge in [0.05, 0.1) is 11.4 Å². The van der Waals surface area contributed by atoms with Crippen LogP contribution < -0.4 is 10.8 Å². The molecule has 1 aliphatic heterocycles. The van der Waals surface area contributed by atoms with Gasteiger partial charge in [0.25, 0.3) is 0 Å². The van der Waals surface area contributed by atoms with Gasteiger partial charge in [-0.25, -0.2) is 0 Å². The van der Waals surface area contributed by atoms with Crippen molar-refractivity contribution < 1.29 is 14.4 Å². The van der Waals surface area contributed by atoms with Gasteiger partial charge in [0.15, 0.2) is 0 Å². The monoisotopic (exact) mass is 332 g/mol. The van der Waals surface area contributed by atoms with Gasteiger partial charge in [0, 0.05) is 25.4 Å². The first-order valence-electron chi connectivity index (χ1n) is 6.87. The van der Waals surface area contributed by atoms with Crippen molar-refractivity contribution in [3.8, 4) is 0 Å². The first kappa shape index (κ1) is 14.9. The first-order valence-corrected chi connectivity index (χ1v) is 7.99. The predicted octanol–water partition coefficient (Wildman–Crippen LogP) is 1.16. The van der Waals surface area contributed by atoms with Gasteiger partial charge in [-0.1, -0.05) is 22.9 Å². The highest BCUT2D eigenvalue weighted by molar-refractivity contribution is 9.09. The van der Waals surface area contributed by atoms with Gasteiger partial charge in [-0.05, 0) is 24.7 Å². The molecule has 2 rings (SSSR count). The Morgan fingerprint density at radius 2 is 2.37 bits per heavy atom. The summed E-state index contributed by atoms with van der Waals surface area (Å²) in [4.78, 5) is 28.2. The van der Waals surface area contributed by atoms with E-state index in [9.17, 15) is 9.59 Å². The Morgan fingerprint density at radius 3 is 3.11 bits per heavy atom. The second-order valence-electron chi connectivity index (χ2n) is 5.46. The maximum absolute atomic E-state index is 11.4.